The van der Waals surface area contributed by atoms with Gasteiger partial charge in [-0.3, -0.25) is 9.59 Å². The van der Waals surface area contributed by atoms with Gasteiger partial charge in [0.05, 0.1) is 12.2 Å². The predicted octanol–water partition coefficient (Wildman–Crippen LogP) is 3.70. The van der Waals surface area contributed by atoms with Crippen molar-refractivity contribution in [2.24, 2.45) is 11.8 Å². The third kappa shape index (κ3) is 8.82. The van der Waals surface area contributed by atoms with Crippen LogP contribution in [0.1, 0.15) is 90.4 Å². The van der Waals surface area contributed by atoms with Gasteiger partial charge in [-0.2, -0.15) is 0 Å². The Bertz CT molecular complexity index is 396. The van der Waals surface area contributed by atoms with E-state index >= 15 is 0 Å². The lowest BCUT2D eigenvalue weighted by molar-refractivity contribution is -0.137. The molecular weight excluding hydrogens is 320 g/mol. The minimum atomic E-state index is -0.758. The number of aliphatic hydroxyl groups is 2. The molecule has 0 radical (unpaired) electrons. The van der Waals surface area contributed by atoms with E-state index in [4.69, 9.17) is 5.11 Å². The van der Waals surface area contributed by atoms with Gasteiger partial charge in [-0.15, -0.1) is 0 Å². The SMILES string of the molecule is CCCCCC(O)CC[C@H]1[C@@H](O)CC(=O)[C@@H]1CCCCCCC(=O)O. The third-order valence-electron chi connectivity index (χ3n) is 5.46. The number of carbonyl (C=O) groups is 2. The molecule has 25 heavy (non-hydrogen) atoms. The predicted molar refractivity (Wildman–Crippen MR) is 97.3 cm³/mol. The molecule has 1 fully saturated rings. The Morgan fingerprint density at radius 2 is 1.80 bits per heavy atom. The molecule has 146 valence electrons. The first-order chi connectivity index (χ1) is 12.0. The Labute approximate surface area is 151 Å². The molecule has 0 amide bonds. The maximum absolute atomic E-state index is 12.2. The number of carbonyl (C=O) groups excluding carboxylic acids is 1. The zero-order chi connectivity index (χ0) is 18.7. The van der Waals surface area contributed by atoms with Crippen LogP contribution in [-0.2, 0) is 9.59 Å². The van der Waals surface area contributed by atoms with Crippen molar-refractivity contribution in [3.63, 3.8) is 0 Å². The molecule has 0 heterocycles. The van der Waals surface area contributed by atoms with Crippen LogP contribution >= 0.6 is 0 Å². The maximum atomic E-state index is 12.2. The molecule has 0 aromatic heterocycles. The molecule has 0 saturated heterocycles. The summed E-state index contributed by atoms with van der Waals surface area (Å²) in [7, 11) is 0. The van der Waals surface area contributed by atoms with E-state index in [1.807, 2.05) is 0 Å². The van der Waals surface area contributed by atoms with Crippen molar-refractivity contribution >= 4 is 11.8 Å². The fourth-order valence-electron chi connectivity index (χ4n) is 3.94. The highest BCUT2D eigenvalue weighted by Gasteiger charge is 2.40. The van der Waals surface area contributed by atoms with E-state index in [9.17, 15) is 19.8 Å². The van der Waals surface area contributed by atoms with Gasteiger partial charge in [-0.1, -0.05) is 45.4 Å². The average Bonchev–Trinajstić information content (AvgIpc) is 2.82. The fraction of sp³-hybridized carbons (Fsp3) is 0.900. The number of aliphatic hydroxyl groups excluding tert-OH is 2. The van der Waals surface area contributed by atoms with Crippen molar-refractivity contribution in [3.05, 3.63) is 0 Å². The average molecular weight is 357 g/mol. The highest BCUT2D eigenvalue weighted by atomic mass is 16.4. The van der Waals surface area contributed by atoms with Crippen LogP contribution < -0.4 is 0 Å². The van der Waals surface area contributed by atoms with Crippen molar-refractivity contribution in [2.45, 2.75) is 103 Å². The van der Waals surface area contributed by atoms with Gasteiger partial charge in [0.25, 0.3) is 0 Å². The molecule has 0 aromatic carbocycles. The van der Waals surface area contributed by atoms with Crippen LogP contribution in [0.3, 0.4) is 0 Å². The Balaban J connectivity index is 2.30. The first-order valence-corrected chi connectivity index (χ1v) is 10.1. The summed E-state index contributed by atoms with van der Waals surface area (Å²) in [5, 5.41) is 28.9. The minimum Gasteiger partial charge on any atom is -0.481 e. The summed E-state index contributed by atoms with van der Waals surface area (Å²) in [6.45, 7) is 2.14. The molecule has 0 bridgehead atoms. The molecule has 5 nitrogen and oxygen atoms in total. The number of unbranched alkanes of at least 4 members (excludes halogenated alkanes) is 5. The molecule has 1 aliphatic carbocycles. The molecule has 0 aromatic rings. The third-order valence-corrected chi connectivity index (χ3v) is 5.46. The van der Waals surface area contributed by atoms with Crippen LogP contribution in [0.2, 0.25) is 0 Å². The van der Waals surface area contributed by atoms with Gasteiger partial charge in [0.2, 0.25) is 0 Å². The number of carboxylic acids is 1. The van der Waals surface area contributed by atoms with Crippen molar-refractivity contribution in [2.75, 3.05) is 0 Å². The van der Waals surface area contributed by atoms with E-state index in [0.717, 1.165) is 51.4 Å². The van der Waals surface area contributed by atoms with Crippen molar-refractivity contribution in [1.82, 2.24) is 0 Å². The molecule has 1 unspecified atom stereocenters. The zero-order valence-corrected chi connectivity index (χ0v) is 15.7. The molecular formula is C20H36O5. The van der Waals surface area contributed by atoms with Gasteiger partial charge >= 0.3 is 5.97 Å². The summed E-state index contributed by atoms with van der Waals surface area (Å²) in [5.74, 6) is -0.708. The topological polar surface area (TPSA) is 94.8 Å². The van der Waals surface area contributed by atoms with Gasteiger partial charge in [0.15, 0.2) is 0 Å². The standard InChI is InChI=1S/C20H36O5/c1-2-3-6-9-15(21)12-13-17-16(18(22)14-19(17)23)10-7-4-5-8-11-20(24)25/h15-17,19,21,23H,2-14H2,1H3,(H,24,25)/t15?,16-,17-,19+/m1/s1. The normalized spacial score (nSPS) is 24.6. The van der Waals surface area contributed by atoms with Crippen LogP contribution in [0, 0.1) is 11.8 Å². The van der Waals surface area contributed by atoms with E-state index in [1.54, 1.807) is 0 Å². The largest absolute Gasteiger partial charge is 0.481 e. The van der Waals surface area contributed by atoms with Gasteiger partial charge in [0, 0.05) is 18.8 Å². The van der Waals surface area contributed by atoms with Gasteiger partial charge in [-0.25, -0.2) is 0 Å². The summed E-state index contributed by atoms with van der Waals surface area (Å²) < 4.78 is 0. The van der Waals surface area contributed by atoms with Crippen molar-refractivity contribution in [3.8, 4) is 0 Å². The Morgan fingerprint density at radius 3 is 2.48 bits per heavy atom. The number of ketones is 1. The molecule has 4 atom stereocenters. The fourth-order valence-corrected chi connectivity index (χ4v) is 3.94. The molecule has 3 N–H and O–H groups in total. The Hall–Kier alpha value is -0.940. The second-order valence-electron chi connectivity index (χ2n) is 7.58. The van der Waals surface area contributed by atoms with Crippen LogP contribution in [0.5, 0.6) is 0 Å². The number of rotatable bonds is 14. The molecule has 5 heteroatoms. The first kappa shape index (κ1) is 22.1. The number of Topliss-reactive ketones (excluding diaryl/α,β-unsaturated/α-hetero) is 1. The van der Waals surface area contributed by atoms with Gasteiger partial charge in [0.1, 0.15) is 5.78 Å². The lowest BCUT2D eigenvalue weighted by Gasteiger charge is -2.22. The number of aliphatic carboxylic acids is 1. The van der Waals surface area contributed by atoms with E-state index in [1.165, 1.54) is 0 Å². The van der Waals surface area contributed by atoms with Crippen molar-refractivity contribution in [1.29, 1.82) is 0 Å². The summed E-state index contributed by atoms with van der Waals surface area (Å²) in [6, 6.07) is 0. The molecule has 1 saturated carbocycles. The summed E-state index contributed by atoms with van der Waals surface area (Å²) >= 11 is 0. The molecule has 1 rings (SSSR count). The van der Waals surface area contributed by atoms with E-state index in [0.29, 0.717) is 19.3 Å². The number of carboxylic acid groups (broad SMARTS) is 1. The van der Waals surface area contributed by atoms with Gasteiger partial charge < -0.3 is 15.3 Å². The van der Waals surface area contributed by atoms with E-state index in [-0.39, 0.29) is 36.6 Å². The smallest absolute Gasteiger partial charge is 0.303 e. The Kier molecular flexibility index (Phi) is 11.0. The number of hydrogen-bond acceptors (Lipinski definition) is 4. The molecule has 0 spiro atoms. The van der Waals surface area contributed by atoms with Crippen molar-refractivity contribution < 1.29 is 24.9 Å². The summed E-state index contributed by atoms with van der Waals surface area (Å²) in [6.07, 6.45) is 9.21. The molecule has 0 aliphatic heterocycles. The lowest BCUT2D eigenvalue weighted by atomic mass is 9.85. The highest BCUT2D eigenvalue weighted by Crippen LogP contribution is 2.36. The minimum absolute atomic E-state index is 0.0210. The summed E-state index contributed by atoms with van der Waals surface area (Å²) in [4.78, 5) is 22.6. The summed E-state index contributed by atoms with van der Waals surface area (Å²) in [5.41, 5.74) is 0. The second kappa shape index (κ2) is 12.4. The number of hydrogen-bond donors (Lipinski definition) is 3. The van der Waals surface area contributed by atoms with E-state index < -0.39 is 12.1 Å². The monoisotopic (exact) mass is 356 g/mol. The first-order valence-electron chi connectivity index (χ1n) is 10.1. The highest BCUT2D eigenvalue weighted by molar-refractivity contribution is 5.84. The quantitative estimate of drug-likeness (QED) is 0.413. The Morgan fingerprint density at radius 1 is 1.08 bits per heavy atom. The van der Waals surface area contributed by atoms with Crippen LogP contribution in [-0.4, -0.2) is 39.3 Å². The van der Waals surface area contributed by atoms with E-state index in [2.05, 4.69) is 6.92 Å². The zero-order valence-electron chi connectivity index (χ0n) is 15.7. The van der Waals surface area contributed by atoms with Crippen LogP contribution in [0.15, 0.2) is 0 Å². The molecule has 1 aliphatic rings. The van der Waals surface area contributed by atoms with Crippen LogP contribution in [0.25, 0.3) is 0 Å². The van der Waals surface area contributed by atoms with Crippen LogP contribution in [0.4, 0.5) is 0 Å². The second-order valence-corrected chi connectivity index (χ2v) is 7.58. The van der Waals surface area contributed by atoms with Gasteiger partial charge in [-0.05, 0) is 38.0 Å². The maximum Gasteiger partial charge on any atom is 0.303 e. The lowest BCUT2D eigenvalue weighted by Crippen LogP contribution is -2.22.